The summed E-state index contributed by atoms with van der Waals surface area (Å²) in [6.07, 6.45) is 3.83. The maximum atomic E-state index is 12.3. The van der Waals surface area contributed by atoms with E-state index in [4.69, 9.17) is 5.11 Å². The number of aromatic nitrogens is 2. The van der Waals surface area contributed by atoms with Crippen molar-refractivity contribution in [1.82, 2.24) is 20.0 Å². The van der Waals surface area contributed by atoms with Crippen LogP contribution in [0.4, 0.5) is 0 Å². The molecule has 8 nitrogen and oxygen atoms in total. The number of fused-ring (bicyclic) bond motifs is 1. The van der Waals surface area contributed by atoms with Crippen LogP contribution in [-0.4, -0.2) is 37.8 Å². The van der Waals surface area contributed by atoms with Crippen molar-refractivity contribution in [3.63, 3.8) is 0 Å². The van der Waals surface area contributed by atoms with Gasteiger partial charge in [-0.3, -0.25) is 14.4 Å². The van der Waals surface area contributed by atoms with E-state index >= 15 is 0 Å². The first kappa shape index (κ1) is 19.9. The van der Waals surface area contributed by atoms with Crippen molar-refractivity contribution in [1.29, 1.82) is 0 Å². The van der Waals surface area contributed by atoms with Crippen molar-refractivity contribution in [3.05, 3.63) is 35.3 Å². The van der Waals surface area contributed by atoms with Crippen LogP contribution in [0.2, 0.25) is 0 Å². The molecule has 0 aromatic carbocycles. The van der Waals surface area contributed by atoms with E-state index in [1.165, 1.54) is 0 Å². The summed E-state index contributed by atoms with van der Waals surface area (Å²) in [6.45, 7) is 4.36. The number of hydrogen-bond acceptors (Lipinski definition) is 4. The highest BCUT2D eigenvalue weighted by molar-refractivity contribution is 5.80. The average Bonchev–Trinajstić information content (AvgIpc) is 3.20. The monoisotopic (exact) mass is 386 g/mol. The third kappa shape index (κ3) is 4.68. The largest absolute Gasteiger partial charge is 0.481 e. The molecule has 3 N–H and O–H groups in total. The van der Waals surface area contributed by atoms with Gasteiger partial charge in [-0.1, -0.05) is 0 Å². The quantitative estimate of drug-likeness (QED) is 0.641. The van der Waals surface area contributed by atoms with Crippen LogP contribution in [-0.2, 0) is 20.9 Å². The van der Waals surface area contributed by atoms with E-state index < -0.39 is 11.5 Å². The van der Waals surface area contributed by atoms with Gasteiger partial charge in [-0.05, 0) is 50.8 Å². The van der Waals surface area contributed by atoms with Crippen LogP contribution in [0.15, 0.2) is 18.3 Å². The maximum Gasteiger partial charge on any atom is 0.303 e. The molecule has 0 radical (unpaired) electrons. The van der Waals surface area contributed by atoms with Crippen LogP contribution >= 0.6 is 0 Å². The second-order valence-electron chi connectivity index (χ2n) is 7.63. The smallest absolute Gasteiger partial charge is 0.303 e. The van der Waals surface area contributed by atoms with E-state index in [9.17, 15) is 14.4 Å². The van der Waals surface area contributed by atoms with Crippen molar-refractivity contribution in [2.24, 2.45) is 0 Å². The Hall–Kier alpha value is -2.90. The highest BCUT2D eigenvalue weighted by Gasteiger charge is 2.37. The van der Waals surface area contributed by atoms with Crippen molar-refractivity contribution in [3.8, 4) is 0 Å². The number of carbonyl (C=O) groups excluding carboxylic acids is 2. The lowest BCUT2D eigenvalue weighted by atomic mass is 9.86. The lowest BCUT2D eigenvalue weighted by Gasteiger charge is -2.28. The van der Waals surface area contributed by atoms with Crippen molar-refractivity contribution >= 4 is 23.4 Å². The molecule has 2 aromatic rings. The number of amides is 2. The number of rotatable bonds is 8. The Morgan fingerprint density at radius 2 is 2.04 bits per heavy atom. The second kappa shape index (κ2) is 8.00. The molecule has 28 heavy (non-hydrogen) atoms. The zero-order valence-corrected chi connectivity index (χ0v) is 16.2. The number of aliphatic carboxylic acids is 1. The van der Waals surface area contributed by atoms with Gasteiger partial charge < -0.3 is 20.1 Å². The molecule has 2 aromatic heterocycles. The van der Waals surface area contributed by atoms with Gasteiger partial charge in [0.15, 0.2) is 0 Å². The number of carboxylic acids is 1. The molecule has 1 saturated heterocycles. The topological polar surface area (TPSA) is 113 Å². The summed E-state index contributed by atoms with van der Waals surface area (Å²) in [4.78, 5) is 39.4. The van der Waals surface area contributed by atoms with Gasteiger partial charge in [0, 0.05) is 36.7 Å². The highest BCUT2D eigenvalue weighted by Crippen LogP contribution is 2.30. The molecule has 0 saturated carbocycles. The molecular weight excluding hydrogens is 360 g/mol. The molecule has 1 fully saturated rings. The van der Waals surface area contributed by atoms with Crippen molar-refractivity contribution in [2.45, 2.75) is 64.5 Å². The summed E-state index contributed by atoms with van der Waals surface area (Å²) in [5.74, 6) is -1.12. The van der Waals surface area contributed by atoms with Crippen molar-refractivity contribution in [2.75, 3.05) is 0 Å². The highest BCUT2D eigenvalue weighted by atomic mass is 16.4. The third-order valence-electron chi connectivity index (χ3n) is 5.31. The number of carboxylic acid groups (broad SMARTS) is 1. The first-order chi connectivity index (χ1) is 13.3. The lowest BCUT2D eigenvalue weighted by molar-refractivity contribution is -0.137. The van der Waals surface area contributed by atoms with E-state index in [1.807, 2.05) is 30.5 Å². The molecule has 0 aliphatic carbocycles. The minimum absolute atomic E-state index is 0.0259. The fourth-order valence-corrected chi connectivity index (χ4v) is 3.81. The van der Waals surface area contributed by atoms with Gasteiger partial charge in [0.05, 0.1) is 12.2 Å². The van der Waals surface area contributed by atoms with Gasteiger partial charge in [-0.25, -0.2) is 4.98 Å². The maximum absolute atomic E-state index is 12.3. The number of aryl methyl sites for hydroxylation is 2. The van der Waals surface area contributed by atoms with Crippen LogP contribution in [0.25, 0.3) is 5.65 Å². The predicted molar refractivity (Wildman–Crippen MR) is 103 cm³/mol. The first-order valence-corrected chi connectivity index (χ1v) is 9.51. The third-order valence-corrected chi connectivity index (χ3v) is 5.31. The minimum Gasteiger partial charge on any atom is -0.481 e. The summed E-state index contributed by atoms with van der Waals surface area (Å²) in [5, 5.41) is 14.7. The van der Waals surface area contributed by atoms with Gasteiger partial charge >= 0.3 is 5.97 Å². The Balaban J connectivity index is 1.55. The van der Waals surface area contributed by atoms with Crippen LogP contribution in [0, 0.1) is 13.8 Å². The van der Waals surface area contributed by atoms with Crippen molar-refractivity contribution < 1.29 is 19.5 Å². The van der Waals surface area contributed by atoms with Gasteiger partial charge in [-0.15, -0.1) is 0 Å². The SMILES string of the molecule is Cc1cc(C)n2cc(CNC(=O)CC[C@@]3(CCC(=O)O)CCC(=O)N3)nc2c1. The van der Waals surface area contributed by atoms with Crippen LogP contribution in [0.5, 0.6) is 0 Å². The van der Waals surface area contributed by atoms with Gasteiger partial charge in [0.1, 0.15) is 5.65 Å². The zero-order valence-electron chi connectivity index (χ0n) is 16.2. The minimum atomic E-state index is -0.901. The van der Waals surface area contributed by atoms with E-state index in [0.717, 1.165) is 22.6 Å². The Labute approximate surface area is 163 Å². The molecule has 0 bridgehead atoms. The zero-order chi connectivity index (χ0) is 20.3. The van der Waals surface area contributed by atoms with Crippen LogP contribution < -0.4 is 10.6 Å². The number of carbonyl (C=O) groups is 3. The molecular formula is C20H26N4O4. The Kier molecular flexibility index (Phi) is 5.67. The molecule has 3 rings (SSSR count). The normalized spacial score (nSPS) is 19.0. The first-order valence-electron chi connectivity index (χ1n) is 9.51. The molecule has 2 amide bonds. The van der Waals surface area contributed by atoms with E-state index in [-0.39, 0.29) is 24.7 Å². The predicted octanol–water partition coefficient (Wildman–Crippen LogP) is 1.86. The molecule has 1 aliphatic rings. The summed E-state index contributed by atoms with van der Waals surface area (Å²) >= 11 is 0. The van der Waals surface area contributed by atoms with E-state index in [2.05, 4.69) is 21.7 Å². The summed E-state index contributed by atoms with van der Waals surface area (Å²) in [7, 11) is 0. The average molecular weight is 386 g/mol. The Morgan fingerprint density at radius 3 is 2.71 bits per heavy atom. The lowest BCUT2D eigenvalue weighted by Crippen LogP contribution is -2.43. The fourth-order valence-electron chi connectivity index (χ4n) is 3.81. The molecule has 1 aliphatic heterocycles. The molecule has 0 spiro atoms. The van der Waals surface area contributed by atoms with Crippen LogP contribution in [0.3, 0.4) is 0 Å². The summed E-state index contributed by atoms with van der Waals surface area (Å²) in [6, 6.07) is 4.07. The van der Waals surface area contributed by atoms with Gasteiger partial charge in [0.25, 0.3) is 0 Å². The van der Waals surface area contributed by atoms with E-state index in [1.54, 1.807) is 0 Å². The molecule has 150 valence electrons. The molecule has 0 unspecified atom stereocenters. The number of nitrogens with zero attached hydrogens (tertiary/aromatic N) is 2. The van der Waals surface area contributed by atoms with E-state index in [0.29, 0.717) is 32.2 Å². The van der Waals surface area contributed by atoms with Crippen LogP contribution in [0.1, 0.15) is 55.5 Å². The Morgan fingerprint density at radius 1 is 1.29 bits per heavy atom. The molecule has 1 atom stereocenters. The number of hydrogen-bond donors (Lipinski definition) is 3. The fraction of sp³-hybridized carbons (Fsp3) is 0.500. The van der Waals surface area contributed by atoms with Gasteiger partial charge in [-0.2, -0.15) is 0 Å². The summed E-state index contributed by atoms with van der Waals surface area (Å²) in [5.41, 5.74) is 3.25. The Bertz CT molecular complexity index is 920. The number of pyridine rings is 1. The van der Waals surface area contributed by atoms with Gasteiger partial charge in [0.2, 0.25) is 11.8 Å². The second-order valence-corrected chi connectivity index (χ2v) is 7.63. The standard InChI is InChI=1S/C20H26N4O4/c1-13-9-14(2)24-12-15(22-16(24)10-13)11-21-17(25)3-6-20(8-5-19(27)28)7-4-18(26)23-20/h9-10,12H,3-8,11H2,1-2H3,(H,21,25)(H,23,26)(H,27,28)/t20-/m0/s1. The number of imidazole rings is 1. The number of nitrogens with one attached hydrogen (secondary N) is 2. The summed E-state index contributed by atoms with van der Waals surface area (Å²) < 4.78 is 1.99. The molecule has 3 heterocycles. The molecule has 8 heteroatoms.